The third-order valence-corrected chi connectivity index (χ3v) is 4.46. The van der Waals surface area contributed by atoms with Crippen molar-refractivity contribution in [2.24, 2.45) is 5.16 Å². The summed E-state index contributed by atoms with van der Waals surface area (Å²) in [7, 11) is 2.74. The normalized spacial score (nSPS) is 11.1. The monoisotopic (exact) mass is 374 g/mol. The first-order chi connectivity index (χ1) is 13.7. The average Bonchev–Trinajstić information content (AvgIpc) is 2.76. The van der Waals surface area contributed by atoms with Crippen LogP contribution in [0.5, 0.6) is 0 Å². The van der Waals surface area contributed by atoms with Crippen LogP contribution in [0.3, 0.4) is 0 Å². The summed E-state index contributed by atoms with van der Waals surface area (Å²) < 4.78 is 4.86. The number of aromatic nitrogens is 1. The van der Waals surface area contributed by atoms with Crippen molar-refractivity contribution in [3.8, 4) is 11.3 Å². The van der Waals surface area contributed by atoms with E-state index in [0.717, 1.165) is 29.7 Å². The molecule has 28 heavy (non-hydrogen) atoms. The molecule has 1 aromatic heterocycles. The molecule has 0 aliphatic rings. The van der Waals surface area contributed by atoms with Gasteiger partial charge in [0.2, 0.25) is 0 Å². The maximum Gasteiger partial charge on any atom is 0.360 e. The van der Waals surface area contributed by atoms with Crippen molar-refractivity contribution < 1.29 is 14.4 Å². The largest absolute Gasteiger partial charge is 0.464 e. The summed E-state index contributed by atoms with van der Waals surface area (Å²) >= 11 is 0. The highest BCUT2D eigenvalue weighted by atomic mass is 16.6. The Morgan fingerprint density at radius 3 is 2.29 bits per heavy atom. The van der Waals surface area contributed by atoms with Crippen molar-refractivity contribution >= 4 is 11.7 Å². The number of carbonyl (C=O) groups is 1. The van der Waals surface area contributed by atoms with E-state index in [1.54, 1.807) is 6.20 Å². The van der Waals surface area contributed by atoms with Crippen LogP contribution in [0.15, 0.2) is 78.1 Å². The number of rotatable bonds is 7. The third kappa shape index (κ3) is 4.43. The molecule has 2 aromatic carbocycles. The van der Waals surface area contributed by atoms with Gasteiger partial charge < -0.3 is 9.57 Å². The molecule has 0 aliphatic heterocycles. The van der Waals surface area contributed by atoms with Gasteiger partial charge in [-0.25, -0.2) is 4.79 Å². The van der Waals surface area contributed by atoms with Crippen LogP contribution >= 0.6 is 0 Å². The summed E-state index contributed by atoms with van der Waals surface area (Å²) in [6, 6.07) is 21.8. The van der Waals surface area contributed by atoms with Gasteiger partial charge in [-0.3, -0.25) is 4.98 Å². The number of ether oxygens (including phenoxy) is 1. The van der Waals surface area contributed by atoms with Crippen molar-refractivity contribution in [2.45, 2.75) is 12.8 Å². The number of hydrogen-bond donors (Lipinski definition) is 0. The Hall–Kier alpha value is -3.47. The predicted molar refractivity (Wildman–Crippen MR) is 109 cm³/mol. The fraction of sp³-hybridized carbons (Fsp3) is 0.174. The van der Waals surface area contributed by atoms with E-state index in [-0.39, 0.29) is 5.71 Å². The van der Waals surface area contributed by atoms with Crippen LogP contribution in [0.25, 0.3) is 11.3 Å². The highest BCUT2D eigenvalue weighted by Gasteiger charge is 2.19. The molecule has 0 saturated carbocycles. The fourth-order valence-electron chi connectivity index (χ4n) is 3.13. The first-order valence-corrected chi connectivity index (χ1v) is 9.01. The summed E-state index contributed by atoms with van der Waals surface area (Å²) in [4.78, 5) is 21.5. The molecule has 0 radical (unpaired) electrons. The molecule has 142 valence electrons. The summed E-state index contributed by atoms with van der Waals surface area (Å²) in [5.41, 5.74) is 5.13. The van der Waals surface area contributed by atoms with Gasteiger partial charge in [-0.1, -0.05) is 59.8 Å². The van der Waals surface area contributed by atoms with Gasteiger partial charge in [0.25, 0.3) is 0 Å². The number of oxime groups is 1. The number of esters is 1. The molecular formula is C23H22N2O3. The first kappa shape index (κ1) is 19.3. The number of methoxy groups -OCH3 is 1. The van der Waals surface area contributed by atoms with E-state index in [9.17, 15) is 4.79 Å². The van der Waals surface area contributed by atoms with Crippen LogP contribution in [0, 0.1) is 0 Å². The lowest BCUT2D eigenvalue weighted by atomic mass is 9.94. The van der Waals surface area contributed by atoms with Gasteiger partial charge in [0.1, 0.15) is 7.11 Å². The summed E-state index contributed by atoms with van der Waals surface area (Å²) in [6.07, 6.45) is 3.33. The molecule has 3 rings (SSSR count). The molecule has 0 aliphatic carbocycles. The van der Waals surface area contributed by atoms with Crippen molar-refractivity contribution in [1.82, 2.24) is 4.98 Å². The Morgan fingerprint density at radius 1 is 0.893 bits per heavy atom. The van der Waals surface area contributed by atoms with E-state index in [0.29, 0.717) is 5.56 Å². The Bertz CT molecular complexity index is 968. The Kier molecular flexibility index (Phi) is 6.52. The van der Waals surface area contributed by atoms with Crippen molar-refractivity contribution in [2.75, 3.05) is 14.2 Å². The first-order valence-electron chi connectivity index (χ1n) is 9.01. The van der Waals surface area contributed by atoms with Gasteiger partial charge >= 0.3 is 5.97 Å². The predicted octanol–water partition coefficient (Wildman–Crippen LogP) is 4.06. The summed E-state index contributed by atoms with van der Waals surface area (Å²) in [6.45, 7) is 0. The number of pyridine rings is 1. The van der Waals surface area contributed by atoms with Gasteiger partial charge in [-0.2, -0.15) is 0 Å². The van der Waals surface area contributed by atoms with Crippen LogP contribution in [0.1, 0.15) is 16.7 Å². The smallest absolute Gasteiger partial charge is 0.360 e. The zero-order valence-electron chi connectivity index (χ0n) is 16.0. The summed E-state index contributed by atoms with van der Waals surface area (Å²) in [5.74, 6) is -0.525. The molecule has 0 unspecified atom stereocenters. The molecule has 5 heteroatoms. The lowest BCUT2D eigenvalue weighted by molar-refractivity contribution is -0.132. The fourth-order valence-corrected chi connectivity index (χ4v) is 3.13. The van der Waals surface area contributed by atoms with Gasteiger partial charge in [0.05, 0.1) is 12.8 Å². The minimum absolute atomic E-state index is 0.165. The minimum atomic E-state index is -0.525. The van der Waals surface area contributed by atoms with E-state index in [1.807, 2.05) is 54.6 Å². The van der Waals surface area contributed by atoms with Crippen molar-refractivity contribution in [3.63, 3.8) is 0 Å². The number of hydrogen-bond acceptors (Lipinski definition) is 5. The Morgan fingerprint density at radius 2 is 1.57 bits per heavy atom. The number of carbonyl (C=O) groups excluding carboxylic acids is 1. The highest BCUT2D eigenvalue weighted by molar-refractivity contribution is 6.43. The highest BCUT2D eigenvalue weighted by Crippen LogP contribution is 2.23. The van der Waals surface area contributed by atoms with E-state index in [1.165, 1.54) is 19.8 Å². The molecular weight excluding hydrogens is 352 g/mol. The standard InChI is InChI=1S/C23H22N2O3/c1-27-23(26)22(25-28-2)20-12-6-4-10-18(20)15-14-17-9-3-5-11-19(17)21-13-7-8-16-24-21/h3-13,16H,14-15H2,1-2H3/b25-22+. The molecule has 0 atom stereocenters. The number of aryl methyl sites for hydroxylation is 2. The molecule has 5 nitrogen and oxygen atoms in total. The van der Waals surface area contributed by atoms with Gasteiger partial charge in [0.15, 0.2) is 5.71 Å². The maximum absolute atomic E-state index is 12.1. The molecule has 0 amide bonds. The van der Waals surface area contributed by atoms with Crippen molar-refractivity contribution in [3.05, 3.63) is 89.6 Å². The molecule has 0 fully saturated rings. The second kappa shape index (κ2) is 9.46. The maximum atomic E-state index is 12.1. The van der Waals surface area contributed by atoms with E-state index in [4.69, 9.17) is 9.57 Å². The molecule has 0 N–H and O–H groups in total. The van der Waals surface area contributed by atoms with E-state index >= 15 is 0 Å². The second-order valence-corrected chi connectivity index (χ2v) is 6.14. The van der Waals surface area contributed by atoms with Crippen LogP contribution in [-0.2, 0) is 27.2 Å². The Labute approximate surface area is 164 Å². The van der Waals surface area contributed by atoms with Gasteiger partial charge in [-0.15, -0.1) is 0 Å². The zero-order chi connectivity index (χ0) is 19.8. The lowest BCUT2D eigenvalue weighted by Gasteiger charge is -2.12. The minimum Gasteiger partial charge on any atom is -0.464 e. The van der Waals surface area contributed by atoms with Crippen LogP contribution in [-0.4, -0.2) is 30.9 Å². The van der Waals surface area contributed by atoms with Crippen LogP contribution in [0.4, 0.5) is 0 Å². The topological polar surface area (TPSA) is 60.8 Å². The summed E-state index contributed by atoms with van der Waals surface area (Å²) in [5, 5.41) is 3.88. The quantitative estimate of drug-likeness (QED) is 0.355. The zero-order valence-corrected chi connectivity index (χ0v) is 16.0. The number of benzene rings is 2. The van der Waals surface area contributed by atoms with E-state index < -0.39 is 5.97 Å². The van der Waals surface area contributed by atoms with Crippen molar-refractivity contribution in [1.29, 1.82) is 0 Å². The molecule has 0 saturated heterocycles. The Balaban J connectivity index is 1.89. The SMILES string of the molecule is CO/N=C(/C(=O)OC)c1ccccc1CCc1ccccc1-c1ccccn1. The molecule has 1 heterocycles. The third-order valence-electron chi connectivity index (χ3n) is 4.46. The second-order valence-electron chi connectivity index (χ2n) is 6.14. The van der Waals surface area contributed by atoms with Crippen LogP contribution < -0.4 is 0 Å². The lowest BCUT2D eigenvalue weighted by Crippen LogP contribution is -2.19. The van der Waals surface area contributed by atoms with Gasteiger partial charge in [-0.05, 0) is 36.1 Å². The van der Waals surface area contributed by atoms with Crippen LogP contribution in [0.2, 0.25) is 0 Å². The average molecular weight is 374 g/mol. The molecule has 0 bridgehead atoms. The molecule has 3 aromatic rings. The van der Waals surface area contributed by atoms with E-state index in [2.05, 4.69) is 22.3 Å². The van der Waals surface area contributed by atoms with Gasteiger partial charge in [0, 0.05) is 17.3 Å². The number of nitrogens with zero attached hydrogens (tertiary/aromatic N) is 2. The molecule has 0 spiro atoms.